The molecule has 0 saturated heterocycles. The van der Waals surface area contributed by atoms with E-state index in [1.54, 1.807) is 11.3 Å². The summed E-state index contributed by atoms with van der Waals surface area (Å²) in [5.41, 5.74) is 7.11. The first-order valence-corrected chi connectivity index (χ1v) is 7.97. The van der Waals surface area contributed by atoms with E-state index in [1.165, 1.54) is 27.4 Å². The summed E-state index contributed by atoms with van der Waals surface area (Å²) < 4.78 is 0. The number of thiazole rings is 1. The number of hydrogen-bond acceptors (Lipinski definition) is 4. The highest BCUT2D eigenvalue weighted by molar-refractivity contribution is 7.11. The third-order valence-corrected chi connectivity index (χ3v) is 5.44. The van der Waals surface area contributed by atoms with Gasteiger partial charge in [-0.05, 0) is 37.8 Å². The Morgan fingerprint density at radius 1 is 1.40 bits per heavy atom. The molecule has 3 rings (SSSR count). The molecule has 1 aliphatic rings. The fourth-order valence-electron chi connectivity index (χ4n) is 3.14. The molecule has 3 nitrogen and oxygen atoms in total. The van der Waals surface area contributed by atoms with Crippen LogP contribution in [-0.2, 0) is 12.8 Å². The van der Waals surface area contributed by atoms with E-state index in [0.29, 0.717) is 5.92 Å². The maximum Gasteiger partial charge on any atom is 0.0947 e. The van der Waals surface area contributed by atoms with Gasteiger partial charge < -0.3 is 0 Å². The molecule has 2 unspecified atom stereocenters. The Morgan fingerprint density at radius 2 is 2.20 bits per heavy atom. The van der Waals surface area contributed by atoms with E-state index in [1.807, 2.05) is 0 Å². The molecule has 0 spiro atoms. The van der Waals surface area contributed by atoms with E-state index in [9.17, 15) is 0 Å². The van der Waals surface area contributed by atoms with Crippen LogP contribution in [0.2, 0.25) is 0 Å². The van der Waals surface area contributed by atoms with Crippen molar-refractivity contribution in [1.82, 2.24) is 10.4 Å². The molecule has 1 aliphatic carbocycles. The lowest BCUT2D eigenvalue weighted by atomic mass is 9.91. The largest absolute Gasteiger partial charge is 0.271 e. The van der Waals surface area contributed by atoms with E-state index in [0.717, 1.165) is 18.5 Å². The summed E-state index contributed by atoms with van der Waals surface area (Å²) >= 11 is 1.79. The van der Waals surface area contributed by atoms with Gasteiger partial charge in [-0.2, -0.15) is 0 Å². The van der Waals surface area contributed by atoms with Crippen LogP contribution in [0.5, 0.6) is 0 Å². The standard InChI is InChI=1S/C16H21N3S/c1-10-11(2)20-16(18-10)9-15(19-17)14-8-7-12-5-3-4-6-13(12)14/h3-6,14-15,19H,7-9,17H2,1-2H3. The molecule has 3 N–H and O–H groups in total. The number of nitrogens with two attached hydrogens (primary N) is 1. The average molecular weight is 287 g/mol. The van der Waals surface area contributed by atoms with Crippen molar-refractivity contribution in [3.05, 3.63) is 51.0 Å². The first-order chi connectivity index (χ1) is 9.69. The van der Waals surface area contributed by atoms with Crippen molar-refractivity contribution >= 4 is 11.3 Å². The van der Waals surface area contributed by atoms with E-state index < -0.39 is 0 Å². The first kappa shape index (κ1) is 13.7. The van der Waals surface area contributed by atoms with Crippen molar-refractivity contribution in [1.29, 1.82) is 0 Å². The van der Waals surface area contributed by atoms with Crippen LogP contribution in [0.3, 0.4) is 0 Å². The van der Waals surface area contributed by atoms with Crippen molar-refractivity contribution in [3.8, 4) is 0 Å². The van der Waals surface area contributed by atoms with Crippen molar-refractivity contribution in [2.45, 2.75) is 45.1 Å². The molecule has 20 heavy (non-hydrogen) atoms. The van der Waals surface area contributed by atoms with Gasteiger partial charge in [-0.3, -0.25) is 11.3 Å². The number of fused-ring (bicyclic) bond motifs is 1. The van der Waals surface area contributed by atoms with Crippen LogP contribution in [0.15, 0.2) is 24.3 Å². The Hall–Kier alpha value is -1.23. The van der Waals surface area contributed by atoms with Crippen molar-refractivity contribution in [2.75, 3.05) is 0 Å². The minimum absolute atomic E-state index is 0.267. The van der Waals surface area contributed by atoms with Crippen LogP contribution >= 0.6 is 11.3 Å². The van der Waals surface area contributed by atoms with E-state index in [4.69, 9.17) is 5.84 Å². The van der Waals surface area contributed by atoms with Crippen LogP contribution in [-0.4, -0.2) is 11.0 Å². The topological polar surface area (TPSA) is 50.9 Å². The molecular formula is C16H21N3S. The zero-order chi connectivity index (χ0) is 14.1. The minimum atomic E-state index is 0.267. The summed E-state index contributed by atoms with van der Waals surface area (Å²) in [6, 6.07) is 9.00. The molecule has 106 valence electrons. The van der Waals surface area contributed by atoms with Crippen LogP contribution in [0.25, 0.3) is 0 Å². The summed E-state index contributed by atoms with van der Waals surface area (Å²) in [6.07, 6.45) is 3.25. The molecule has 0 radical (unpaired) electrons. The maximum absolute atomic E-state index is 5.83. The molecule has 0 fully saturated rings. The number of rotatable bonds is 4. The van der Waals surface area contributed by atoms with Crippen molar-refractivity contribution in [2.24, 2.45) is 5.84 Å². The van der Waals surface area contributed by atoms with E-state index >= 15 is 0 Å². The molecule has 2 atom stereocenters. The second kappa shape index (κ2) is 5.64. The highest BCUT2D eigenvalue weighted by atomic mass is 32.1. The smallest absolute Gasteiger partial charge is 0.0947 e. The summed E-state index contributed by atoms with van der Waals surface area (Å²) in [5, 5.41) is 1.19. The van der Waals surface area contributed by atoms with Crippen LogP contribution in [0, 0.1) is 13.8 Å². The van der Waals surface area contributed by atoms with Gasteiger partial charge in [0.2, 0.25) is 0 Å². The SMILES string of the molecule is Cc1nc(CC(NN)C2CCc3ccccc32)sc1C. The quantitative estimate of drug-likeness (QED) is 0.671. The van der Waals surface area contributed by atoms with E-state index in [2.05, 4.69) is 48.5 Å². The molecule has 1 aromatic carbocycles. The normalized spacial score (nSPS) is 19.1. The monoisotopic (exact) mass is 287 g/mol. The molecule has 0 bridgehead atoms. The lowest BCUT2D eigenvalue weighted by Gasteiger charge is -2.22. The number of aromatic nitrogens is 1. The predicted molar refractivity (Wildman–Crippen MR) is 83.9 cm³/mol. The number of nitrogens with one attached hydrogen (secondary N) is 1. The maximum atomic E-state index is 5.83. The summed E-state index contributed by atoms with van der Waals surface area (Å²) in [5.74, 6) is 6.33. The Labute approximate surface area is 124 Å². The molecule has 0 aliphatic heterocycles. The molecule has 4 heteroatoms. The molecule has 2 aromatic rings. The number of nitrogens with zero attached hydrogens (tertiary/aromatic N) is 1. The number of benzene rings is 1. The Kier molecular flexibility index (Phi) is 3.87. The summed E-state index contributed by atoms with van der Waals surface area (Å²) in [7, 11) is 0. The lowest BCUT2D eigenvalue weighted by Crippen LogP contribution is -2.40. The first-order valence-electron chi connectivity index (χ1n) is 7.16. The number of aryl methyl sites for hydroxylation is 3. The fraction of sp³-hybridized carbons (Fsp3) is 0.438. The lowest BCUT2D eigenvalue weighted by molar-refractivity contribution is 0.434. The molecule has 0 amide bonds. The van der Waals surface area contributed by atoms with Gasteiger partial charge in [0.25, 0.3) is 0 Å². The summed E-state index contributed by atoms with van der Waals surface area (Å²) in [4.78, 5) is 5.96. The van der Waals surface area contributed by atoms with Gasteiger partial charge in [0.05, 0.1) is 10.7 Å². The third-order valence-electron chi connectivity index (χ3n) is 4.35. The van der Waals surface area contributed by atoms with Crippen LogP contribution in [0.1, 0.15) is 39.0 Å². The molecule has 0 saturated carbocycles. The van der Waals surface area contributed by atoms with Crippen LogP contribution in [0.4, 0.5) is 0 Å². The predicted octanol–water partition coefficient (Wildman–Crippen LogP) is 2.86. The third kappa shape index (κ3) is 2.51. The van der Waals surface area contributed by atoms with Gasteiger partial charge in [-0.15, -0.1) is 11.3 Å². The molecular weight excluding hydrogens is 266 g/mol. The van der Waals surface area contributed by atoms with Gasteiger partial charge in [0, 0.05) is 23.3 Å². The average Bonchev–Trinajstić information content (AvgIpc) is 3.00. The molecule has 1 heterocycles. The minimum Gasteiger partial charge on any atom is -0.271 e. The number of hydrazine groups is 1. The zero-order valence-corrected chi connectivity index (χ0v) is 12.8. The van der Waals surface area contributed by atoms with Gasteiger partial charge >= 0.3 is 0 Å². The zero-order valence-electron chi connectivity index (χ0n) is 12.0. The second-order valence-corrected chi connectivity index (χ2v) is 6.86. The van der Waals surface area contributed by atoms with Gasteiger partial charge in [0.1, 0.15) is 0 Å². The second-order valence-electron chi connectivity index (χ2n) is 5.57. The van der Waals surface area contributed by atoms with Crippen molar-refractivity contribution in [3.63, 3.8) is 0 Å². The van der Waals surface area contributed by atoms with Gasteiger partial charge in [-0.1, -0.05) is 24.3 Å². The highest BCUT2D eigenvalue weighted by Gasteiger charge is 2.29. The Morgan fingerprint density at radius 3 is 2.90 bits per heavy atom. The van der Waals surface area contributed by atoms with Gasteiger partial charge in [0.15, 0.2) is 0 Å². The Balaban J connectivity index is 1.81. The van der Waals surface area contributed by atoms with E-state index in [-0.39, 0.29) is 6.04 Å². The molecule has 1 aromatic heterocycles. The van der Waals surface area contributed by atoms with Crippen LogP contribution < -0.4 is 11.3 Å². The fourth-order valence-corrected chi connectivity index (χ4v) is 4.13. The Bertz CT molecular complexity index is 586. The van der Waals surface area contributed by atoms with Crippen molar-refractivity contribution < 1.29 is 0 Å². The highest BCUT2D eigenvalue weighted by Crippen LogP contribution is 2.36. The van der Waals surface area contributed by atoms with Gasteiger partial charge in [-0.25, -0.2) is 4.98 Å². The number of hydrogen-bond donors (Lipinski definition) is 2. The summed E-state index contributed by atoms with van der Waals surface area (Å²) in [6.45, 7) is 4.21.